The predicted octanol–water partition coefficient (Wildman–Crippen LogP) is 4.26. The molecule has 1 fully saturated rings. The van der Waals surface area contributed by atoms with Crippen LogP contribution >= 0.6 is 0 Å². The van der Waals surface area contributed by atoms with E-state index in [1.807, 2.05) is 6.07 Å². The Morgan fingerprint density at radius 1 is 1.35 bits per heavy atom. The number of hydrogen-bond donors (Lipinski definition) is 1. The zero-order chi connectivity index (χ0) is 14.4. The molecule has 1 heterocycles. The lowest BCUT2D eigenvalue weighted by Gasteiger charge is -2.30. The Hall–Kier alpha value is -0.800. The zero-order valence-electron chi connectivity index (χ0n) is 13.2. The lowest BCUT2D eigenvalue weighted by Crippen LogP contribution is -2.27. The molecule has 1 aliphatic rings. The Bertz CT molecular complexity index is 386. The molecule has 2 atom stereocenters. The summed E-state index contributed by atoms with van der Waals surface area (Å²) in [5.41, 5.74) is 1.22. The minimum absolute atomic E-state index is 0.421. The molecule has 2 unspecified atom stereocenters. The van der Waals surface area contributed by atoms with E-state index >= 15 is 0 Å². The molecular weight excluding hydrogens is 250 g/mol. The molecule has 1 aromatic heterocycles. The van der Waals surface area contributed by atoms with Gasteiger partial charge in [-0.15, -0.1) is 0 Å². The van der Waals surface area contributed by atoms with Gasteiger partial charge in [0.1, 0.15) is 12.4 Å². The van der Waals surface area contributed by atoms with Crippen molar-refractivity contribution >= 4 is 0 Å². The Labute approximate surface area is 123 Å². The summed E-state index contributed by atoms with van der Waals surface area (Å²) < 4.78 is 11.7. The van der Waals surface area contributed by atoms with Gasteiger partial charge in [-0.05, 0) is 24.8 Å². The smallest absolute Gasteiger partial charge is 0.133 e. The number of rotatable bonds is 7. The summed E-state index contributed by atoms with van der Waals surface area (Å²) in [5.74, 6) is 1.72. The highest BCUT2D eigenvalue weighted by atomic mass is 16.5. The second kappa shape index (κ2) is 7.84. The van der Waals surface area contributed by atoms with E-state index in [0.29, 0.717) is 18.8 Å². The summed E-state index contributed by atoms with van der Waals surface area (Å²) in [6.07, 6.45) is 8.62. The molecule has 0 amide bonds. The van der Waals surface area contributed by atoms with Gasteiger partial charge in [-0.25, -0.2) is 0 Å². The normalized spacial score (nSPS) is 23.4. The predicted molar refractivity (Wildman–Crippen MR) is 81.5 cm³/mol. The van der Waals surface area contributed by atoms with Crippen molar-refractivity contribution in [2.75, 3.05) is 0 Å². The van der Waals surface area contributed by atoms with Gasteiger partial charge in [-0.1, -0.05) is 40.0 Å². The highest BCUT2D eigenvalue weighted by molar-refractivity contribution is 5.16. The number of ether oxygens (including phenoxy) is 1. The Morgan fingerprint density at radius 3 is 2.90 bits per heavy atom. The van der Waals surface area contributed by atoms with E-state index in [-0.39, 0.29) is 0 Å². The van der Waals surface area contributed by atoms with Gasteiger partial charge in [0.05, 0.1) is 12.4 Å². The maximum absolute atomic E-state index is 6.16. The first-order chi connectivity index (χ1) is 9.70. The van der Waals surface area contributed by atoms with Gasteiger partial charge in [0, 0.05) is 18.2 Å². The zero-order valence-corrected chi connectivity index (χ0v) is 13.2. The topological polar surface area (TPSA) is 34.4 Å². The van der Waals surface area contributed by atoms with Gasteiger partial charge in [0.2, 0.25) is 0 Å². The number of furan rings is 1. The van der Waals surface area contributed by atoms with E-state index in [0.717, 1.165) is 18.2 Å². The van der Waals surface area contributed by atoms with Crippen LogP contribution in [-0.4, -0.2) is 12.1 Å². The third kappa shape index (κ3) is 4.35. The maximum Gasteiger partial charge on any atom is 0.133 e. The number of hydrogen-bond acceptors (Lipinski definition) is 3. The largest absolute Gasteiger partial charge is 0.467 e. The molecule has 1 aromatic rings. The number of nitrogens with one attached hydrogen (secondary N) is 1. The minimum atomic E-state index is 0.421. The molecule has 0 radical (unpaired) electrons. The quantitative estimate of drug-likeness (QED) is 0.809. The van der Waals surface area contributed by atoms with Gasteiger partial charge in [-0.3, -0.25) is 0 Å². The van der Waals surface area contributed by atoms with Crippen LogP contribution in [0.1, 0.15) is 64.2 Å². The Morgan fingerprint density at radius 2 is 2.15 bits per heavy atom. The van der Waals surface area contributed by atoms with Crippen LogP contribution in [0.15, 0.2) is 16.7 Å². The van der Waals surface area contributed by atoms with Crippen molar-refractivity contribution in [3.05, 3.63) is 23.7 Å². The van der Waals surface area contributed by atoms with Gasteiger partial charge in [0.25, 0.3) is 0 Å². The third-order valence-electron chi connectivity index (χ3n) is 4.33. The van der Waals surface area contributed by atoms with E-state index in [9.17, 15) is 0 Å². The van der Waals surface area contributed by atoms with Crippen molar-refractivity contribution in [2.24, 2.45) is 5.92 Å². The molecule has 114 valence electrons. The summed E-state index contributed by atoms with van der Waals surface area (Å²) >= 11 is 0. The van der Waals surface area contributed by atoms with Gasteiger partial charge in [0.15, 0.2) is 0 Å². The molecule has 1 aliphatic carbocycles. The molecule has 3 heteroatoms. The first-order valence-electron chi connectivity index (χ1n) is 8.11. The average Bonchev–Trinajstić information content (AvgIpc) is 2.90. The fraction of sp³-hybridized carbons (Fsp3) is 0.765. The highest BCUT2D eigenvalue weighted by Gasteiger charge is 2.24. The highest BCUT2D eigenvalue weighted by Crippen LogP contribution is 2.30. The van der Waals surface area contributed by atoms with Crippen molar-refractivity contribution in [1.29, 1.82) is 0 Å². The van der Waals surface area contributed by atoms with Crippen LogP contribution in [0.3, 0.4) is 0 Å². The lowest BCUT2D eigenvalue weighted by atomic mass is 9.85. The standard InChI is InChI=1S/C17H29NO2/c1-4-14-7-5-6-8-16(14)20-12-17-15(9-10-19-17)11-18-13(2)3/h9-10,13-14,16,18H,4-8,11-12H2,1-3H3. The maximum atomic E-state index is 6.16. The third-order valence-corrected chi connectivity index (χ3v) is 4.33. The van der Waals surface area contributed by atoms with Crippen LogP contribution in [0.2, 0.25) is 0 Å². The van der Waals surface area contributed by atoms with E-state index in [4.69, 9.17) is 9.15 Å². The van der Waals surface area contributed by atoms with Crippen LogP contribution < -0.4 is 5.32 Å². The van der Waals surface area contributed by atoms with Crippen LogP contribution in [0.5, 0.6) is 0 Å². The lowest BCUT2D eigenvalue weighted by molar-refractivity contribution is -0.0287. The Balaban J connectivity index is 1.85. The second-order valence-electron chi connectivity index (χ2n) is 6.21. The molecule has 0 spiro atoms. The van der Waals surface area contributed by atoms with E-state index in [2.05, 4.69) is 26.1 Å². The molecular formula is C17H29NO2. The van der Waals surface area contributed by atoms with E-state index in [1.54, 1.807) is 6.26 Å². The van der Waals surface area contributed by atoms with Crippen LogP contribution in [0, 0.1) is 5.92 Å². The molecule has 1 N–H and O–H groups in total. The average molecular weight is 279 g/mol. The Kier molecular flexibility index (Phi) is 6.11. The molecule has 0 aromatic carbocycles. The first kappa shape index (κ1) is 15.6. The van der Waals surface area contributed by atoms with Crippen LogP contribution in [0.4, 0.5) is 0 Å². The van der Waals surface area contributed by atoms with E-state index in [1.165, 1.54) is 37.7 Å². The molecule has 1 saturated carbocycles. The molecule has 0 bridgehead atoms. The summed E-state index contributed by atoms with van der Waals surface area (Å²) in [6, 6.07) is 2.54. The molecule has 20 heavy (non-hydrogen) atoms. The molecule has 3 nitrogen and oxygen atoms in total. The summed E-state index contributed by atoms with van der Waals surface area (Å²) in [7, 11) is 0. The van der Waals surface area contributed by atoms with Crippen molar-refractivity contribution in [3.8, 4) is 0 Å². The second-order valence-corrected chi connectivity index (χ2v) is 6.21. The SMILES string of the molecule is CCC1CCCCC1OCc1occc1CNC(C)C. The van der Waals surface area contributed by atoms with Gasteiger partial charge < -0.3 is 14.5 Å². The van der Waals surface area contributed by atoms with Crippen molar-refractivity contribution < 1.29 is 9.15 Å². The first-order valence-corrected chi connectivity index (χ1v) is 8.11. The van der Waals surface area contributed by atoms with Gasteiger partial charge >= 0.3 is 0 Å². The molecule has 0 saturated heterocycles. The monoisotopic (exact) mass is 279 g/mol. The summed E-state index contributed by atoms with van der Waals surface area (Å²) in [6.45, 7) is 8.06. The van der Waals surface area contributed by atoms with Crippen LogP contribution in [0.25, 0.3) is 0 Å². The summed E-state index contributed by atoms with van der Waals surface area (Å²) in [4.78, 5) is 0. The fourth-order valence-electron chi connectivity index (χ4n) is 3.01. The van der Waals surface area contributed by atoms with E-state index < -0.39 is 0 Å². The van der Waals surface area contributed by atoms with Crippen LogP contribution in [-0.2, 0) is 17.9 Å². The fourth-order valence-corrected chi connectivity index (χ4v) is 3.01. The minimum Gasteiger partial charge on any atom is -0.467 e. The van der Waals surface area contributed by atoms with Crippen molar-refractivity contribution in [2.45, 2.75) is 78.2 Å². The molecule has 2 rings (SSSR count). The molecule has 0 aliphatic heterocycles. The van der Waals surface area contributed by atoms with Gasteiger partial charge in [-0.2, -0.15) is 0 Å². The van der Waals surface area contributed by atoms with Crippen molar-refractivity contribution in [1.82, 2.24) is 5.32 Å². The summed E-state index contributed by atoms with van der Waals surface area (Å²) in [5, 5.41) is 3.43. The van der Waals surface area contributed by atoms with Crippen molar-refractivity contribution in [3.63, 3.8) is 0 Å².